The van der Waals surface area contributed by atoms with E-state index in [1.807, 2.05) is 13.0 Å². The van der Waals surface area contributed by atoms with Gasteiger partial charge in [-0.1, -0.05) is 13.8 Å². The third-order valence-corrected chi connectivity index (χ3v) is 3.70. The lowest BCUT2D eigenvalue weighted by molar-refractivity contribution is 0.378. The Hall–Kier alpha value is -1.65. The zero-order valence-corrected chi connectivity index (χ0v) is 11.1. The molecule has 5 nitrogen and oxygen atoms in total. The van der Waals surface area contributed by atoms with Gasteiger partial charge in [-0.25, -0.2) is 4.98 Å². The fraction of sp³-hybridized carbons (Fsp3) is 0.615. The average Bonchev–Trinajstić information content (AvgIpc) is 2.84. The van der Waals surface area contributed by atoms with Crippen LogP contribution in [0, 0.1) is 12.3 Å². The van der Waals surface area contributed by atoms with E-state index >= 15 is 0 Å². The van der Waals surface area contributed by atoms with Crippen LogP contribution < -0.4 is 5.32 Å². The highest BCUT2D eigenvalue weighted by atomic mass is 15.4. The summed E-state index contributed by atoms with van der Waals surface area (Å²) in [6, 6.07) is 2.56. The van der Waals surface area contributed by atoms with Gasteiger partial charge < -0.3 is 5.32 Å². The summed E-state index contributed by atoms with van der Waals surface area (Å²) in [6.07, 6.45) is 5.23. The summed E-state index contributed by atoms with van der Waals surface area (Å²) in [5.74, 6) is 1.66. The minimum Gasteiger partial charge on any atom is -0.367 e. The van der Waals surface area contributed by atoms with E-state index in [1.54, 1.807) is 10.8 Å². The predicted octanol–water partition coefficient (Wildman–Crippen LogP) is 2.42. The van der Waals surface area contributed by atoms with Crippen molar-refractivity contribution in [2.24, 2.45) is 5.41 Å². The van der Waals surface area contributed by atoms with Crippen LogP contribution in [0.15, 0.2) is 12.4 Å². The van der Waals surface area contributed by atoms with Crippen molar-refractivity contribution in [3.05, 3.63) is 18.1 Å². The van der Waals surface area contributed by atoms with Crippen LogP contribution in [-0.2, 0) is 0 Å². The van der Waals surface area contributed by atoms with Gasteiger partial charge in [0, 0.05) is 17.8 Å². The first-order valence-electron chi connectivity index (χ1n) is 6.47. The Morgan fingerprint density at radius 2 is 2.28 bits per heavy atom. The second-order valence-electron chi connectivity index (χ2n) is 6.00. The van der Waals surface area contributed by atoms with Gasteiger partial charge in [0.15, 0.2) is 0 Å². The van der Waals surface area contributed by atoms with Crippen molar-refractivity contribution >= 4 is 11.6 Å². The summed E-state index contributed by atoms with van der Waals surface area (Å²) in [4.78, 5) is 8.49. The molecule has 0 radical (unpaired) electrons. The third-order valence-electron chi connectivity index (χ3n) is 3.70. The molecule has 0 aliphatic heterocycles. The second kappa shape index (κ2) is 3.93. The first-order valence-corrected chi connectivity index (χ1v) is 6.47. The van der Waals surface area contributed by atoms with Crippen molar-refractivity contribution in [1.29, 1.82) is 0 Å². The molecule has 1 fully saturated rings. The molecule has 3 rings (SSSR count). The summed E-state index contributed by atoms with van der Waals surface area (Å²) in [5, 5.41) is 7.81. The van der Waals surface area contributed by atoms with Crippen LogP contribution in [0.4, 0.5) is 5.82 Å². The minimum atomic E-state index is 0.446. The highest BCUT2D eigenvalue weighted by Gasteiger charge is 2.31. The van der Waals surface area contributed by atoms with E-state index in [4.69, 9.17) is 0 Å². The molecule has 1 aliphatic carbocycles. The molecule has 0 spiro atoms. The summed E-state index contributed by atoms with van der Waals surface area (Å²) in [7, 11) is 0. The average molecular weight is 245 g/mol. The van der Waals surface area contributed by atoms with Crippen LogP contribution in [0.1, 0.15) is 38.8 Å². The largest absolute Gasteiger partial charge is 0.367 e. The number of aromatic nitrogens is 4. The van der Waals surface area contributed by atoms with Crippen LogP contribution in [0.2, 0.25) is 0 Å². The maximum Gasteiger partial charge on any atom is 0.254 e. The molecule has 0 saturated heterocycles. The van der Waals surface area contributed by atoms with Crippen molar-refractivity contribution in [1.82, 2.24) is 19.6 Å². The highest BCUT2D eigenvalue weighted by Crippen LogP contribution is 2.38. The molecule has 1 atom stereocenters. The van der Waals surface area contributed by atoms with Crippen LogP contribution in [0.5, 0.6) is 0 Å². The Morgan fingerprint density at radius 1 is 1.44 bits per heavy atom. The first-order chi connectivity index (χ1) is 8.53. The fourth-order valence-corrected chi connectivity index (χ4v) is 2.80. The van der Waals surface area contributed by atoms with Gasteiger partial charge in [-0.05, 0) is 31.6 Å². The molecule has 1 N–H and O–H groups in total. The van der Waals surface area contributed by atoms with E-state index in [9.17, 15) is 0 Å². The topological polar surface area (TPSA) is 55.1 Å². The summed E-state index contributed by atoms with van der Waals surface area (Å²) in [6.45, 7) is 6.65. The van der Waals surface area contributed by atoms with Gasteiger partial charge in [0.2, 0.25) is 0 Å². The second-order valence-corrected chi connectivity index (χ2v) is 6.00. The molecule has 2 aromatic rings. The maximum absolute atomic E-state index is 4.35. The first kappa shape index (κ1) is 11.4. The number of nitrogens with zero attached hydrogens (tertiary/aromatic N) is 4. The lowest BCUT2D eigenvalue weighted by Gasteiger charge is -2.18. The molecule has 5 heteroatoms. The van der Waals surface area contributed by atoms with Gasteiger partial charge in [0.05, 0.1) is 0 Å². The lowest BCUT2D eigenvalue weighted by Crippen LogP contribution is -2.20. The molecule has 0 bridgehead atoms. The van der Waals surface area contributed by atoms with Gasteiger partial charge >= 0.3 is 0 Å². The smallest absolute Gasteiger partial charge is 0.254 e. The lowest BCUT2D eigenvalue weighted by atomic mass is 9.92. The summed E-state index contributed by atoms with van der Waals surface area (Å²) >= 11 is 0. The Labute approximate surface area is 107 Å². The molecule has 1 saturated carbocycles. The number of hydrogen-bond acceptors (Lipinski definition) is 4. The number of fused-ring (bicyclic) bond motifs is 1. The molecule has 2 heterocycles. The molecule has 2 aromatic heterocycles. The van der Waals surface area contributed by atoms with E-state index in [2.05, 4.69) is 34.2 Å². The van der Waals surface area contributed by atoms with Gasteiger partial charge in [-0.3, -0.25) is 0 Å². The Bertz CT molecular complexity index is 572. The Morgan fingerprint density at radius 3 is 3.00 bits per heavy atom. The Kier molecular flexibility index (Phi) is 2.50. The van der Waals surface area contributed by atoms with Crippen LogP contribution >= 0.6 is 0 Å². The zero-order valence-electron chi connectivity index (χ0n) is 11.1. The van der Waals surface area contributed by atoms with E-state index < -0.39 is 0 Å². The Balaban J connectivity index is 1.88. The highest BCUT2D eigenvalue weighted by molar-refractivity contribution is 5.45. The van der Waals surface area contributed by atoms with E-state index in [0.29, 0.717) is 17.2 Å². The van der Waals surface area contributed by atoms with E-state index in [0.717, 1.165) is 11.5 Å². The van der Waals surface area contributed by atoms with Gasteiger partial charge in [0.1, 0.15) is 12.1 Å². The maximum atomic E-state index is 4.35. The van der Waals surface area contributed by atoms with Crippen molar-refractivity contribution in [3.8, 4) is 0 Å². The normalized spacial score (nSPS) is 22.5. The minimum absolute atomic E-state index is 0.446. The quantitative estimate of drug-likeness (QED) is 0.882. The van der Waals surface area contributed by atoms with Gasteiger partial charge in [0.25, 0.3) is 5.78 Å². The number of aryl methyl sites for hydroxylation is 1. The van der Waals surface area contributed by atoms with Crippen molar-refractivity contribution < 1.29 is 0 Å². The molecule has 1 aliphatic rings. The standard InChI is InChI=1S/C13H19N5/c1-9-6-11(18-12(16-9)14-8-15-18)17-10-4-5-13(2,3)7-10/h6,8,10,17H,4-5,7H2,1-3H3. The molecule has 0 amide bonds. The van der Waals surface area contributed by atoms with Crippen LogP contribution in [0.3, 0.4) is 0 Å². The molecule has 18 heavy (non-hydrogen) atoms. The van der Waals surface area contributed by atoms with Crippen molar-refractivity contribution in [2.75, 3.05) is 5.32 Å². The fourth-order valence-electron chi connectivity index (χ4n) is 2.80. The van der Waals surface area contributed by atoms with Crippen LogP contribution in [0.25, 0.3) is 5.78 Å². The SMILES string of the molecule is Cc1cc(NC2CCC(C)(C)C2)n2ncnc2n1. The molecule has 0 aromatic carbocycles. The number of rotatable bonds is 2. The van der Waals surface area contributed by atoms with E-state index in [1.165, 1.54) is 19.3 Å². The van der Waals surface area contributed by atoms with Crippen molar-refractivity contribution in [2.45, 2.75) is 46.1 Å². The summed E-state index contributed by atoms with van der Waals surface area (Å²) in [5.41, 5.74) is 1.41. The monoisotopic (exact) mass is 245 g/mol. The van der Waals surface area contributed by atoms with Crippen LogP contribution in [-0.4, -0.2) is 25.6 Å². The predicted molar refractivity (Wildman–Crippen MR) is 70.6 cm³/mol. The van der Waals surface area contributed by atoms with Gasteiger partial charge in [-0.15, -0.1) is 0 Å². The molecular weight excluding hydrogens is 226 g/mol. The van der Waals surface area contributed by atoms with Gasteiger partial charge in [-0.2, -0.15) is 14.6 Å². The van der Waals surface area contributed by atoms with Crippen molar-refractivity contribution in [3.63, 3.8) is 0 Å². The zero-order chi connectivity index (χ0) is 12.8. The number of hydrogen-bond donors (Lipinski definition) is 1. The number of nitrogens with one attached hydrogen (secondary N) is 1. The third kappa shape index (κ3) is 2.05. The van der Waals surface area contributed by atoms with E-state index in [-0.39, 0.29) is 0 Å². The molecule has 1 unspecified atom stereocenters. The molecule has 96 valence electrons. The summed E-state index contributed by atoms with van der Waals surface area (Å²) < 4.78 is 1.78. The number of anilines is 1. The molecular formula is C13H19N5.